The van der Waals surface area contributed by atoms with Crippen molar-refractivity contribution in [1.82, 2.24) is 0 Å². The quantitative estimate of drug-likeness (QED) is 0.532. The van der Waals surface area contributed by atoms with E-state index in [0.717, 1.165) is 30.6 Å². The molecule has 3 aromatic carbocycles. The average Bonchev–Trinajstić information content (AvgIpc) is 2.95. The zero-order valence-electron chi connectivity index (χ0n) is 12.9. The third kappa shape index (κ3) is 2.39. The smallest absolute Gasteiger partial charge is 0.536 e. The van der Waals surface area contributed by atoms with Crippen LogP contribution in [0.5, 0.6) is 5.75 Å². The minimum Gasteiger partial charge on any atom is -0.536 e. The molecule has 0 aliphatic rings. The van der Waals surface area contributed by atoms with E-state index >= 15 is 0 Å². The van der Waals surface area contributed by atoms with Crippen LogP contribution in [0.15, 0.2) is 48.5 Å². The van der Waals surface area contributed by atoms with Gasteiger partial charge in [-0.05, 0) is 34.9 Å². The molecule has 0 spiro atoms. The Kier molecular flexibility index (Phi) is 3.72. The second-order valence-corrected chi connectivity index (χ2v) is 6.76. The van der Waals surface area contributed by atoms with Crippen molar-refractivity contribution >= 4 is 50.0 Å². The SMILES string of the molecule is CCCc1ccc2c(c1)cc(O[B]O)c1sc3ccccc3c12. The van der Waals surface area contributed by atoms with Crippen LogP contribution in [0.25, 0.3) is 30.9 Å². The monoisotopic (exact) mass is 319 g/mol. The van der Waals surface area contributed by atoms with Crippen LogP contribution in [0.3, 0.4) is 0 Å². The highest BCUT2D eigenvalue weighted by atomic mass is 32.1. The van der Waals surface area contributed by atoms with Crippen LogP contribution in [0.1, 0.15) is 18.9 Å². The van der Waals surface area contributed by atoms with Crippen molar-refractivity contribution in [2.75, 3.05) is 0 Å². The first-order valence-corrected chi connectivity index (χ1v) is 8.63. The average molecular weight is 319 g/mol. The van der Waals surface area contributed by atoms with Gasteiger partial charge in [-0.15, -0.1) is 11.3 Å². The first kappa shape index (κ1) is 14.6. The molecule has 0 bridgehead atoms. The Labute approximate surface area is 139 Å². The van der Waals surface area contributed by atoms with Gasteiger partial charge in [-0.25, -0.2) is 0 Å². The summed E-state index contributed by atoms with van der Waals surface area (Å²) in [5.41, 5.74) is 1.33. The standard InChI is InChI=1S/C19H16BO2S/c1-2-5-12-8-9-14-13(10-12)11-16(22-20-21)19-18(14)15-6-3-4-7-17(15)23-19/h3-4,6-11,21H,2,5H2,1H3. The van der Waals surface area contributed by atoms with Crippen molar-refractivity contribution in [1.29, 1.82) is 0 Å². The summed E-state index contributed by atoms with van der Waals surface area (Å²) in [4.78, 5) is 0. The van der Waals surface area contributed by atoms with Gasteiger partial charge < -0.3 is 9.68 Å². The number of rotatable bonds is 4. The van der Waals surface area contributed by atoms with E-state index in [0.29, 0.717) is 5.75 Å². The number of aryl methyl sites for hydroxylation is 1. The van der Waals surface area contributed by atoms with E-state index in [-0.39, 0.29) is 0 Å². The summed E-state index contributed by atoms with van der Waals surface area (Å²) in [6.45, 7) is 2.19. The second kappa shape index (κ2) is 5.87. The molecular weight excluding hydrogens is 303 g/mol. The van der Waals surface area contributed by atoms with Crippen LogP contribution in [0, 0.1) is 0 Å². The minimum atomic E-state index is 0.713. The highest BCUT2D eigenvalue weighted by Gasteiger charge is 2.14. The molecule has 0 saturated carbocycles. The van der Waals surface area contributed by atoms with E-state index in [1.54, 1.807) is 11.3 Å². The summed E-state index contributed by atoms with van der Waals surface area (Å²) in [5, 5.41) is 14.0. The van der Waals surface area contributed by atoms with Gasteiger partial charge in [0.2, 0.25) is 0 Å². The lowest BCUT2D eigenvalue weighted by molar-refractivity contribution is 0.457. The fourth-order valence-electron chi connectivity index (χ4n) is 3.24. The maximum atomic E-state index is 9.12. The number of benzene rings is 3. The molecule has 0 amide bonds. The number of fused-ring (bicyclic) bond motifs is 5. The minimum absolute atomic E-state index is 0.713. The molecule has 0 atom stereocenters. The number of hydrogen-bond donors (Lipinski definition) is 1. The third-order valence-electron chi connectivity index (χ3n) is 4.21. The van der Waals surface area contributed by atoms with Gasteiger partial charge in [0, 0.05) is 15.5 Å². The Morgan fingerprint density at radius 2 is 1.96 bits per heavy atom. The zero-order valence-corrected chi connectivity index (χ0v) is 13.7. The highest BCUT2D eigenvalue weighted by Crippen LogP contribution is 2.43. The van der Waals surface area contributed by atoms with Gasteiger partial charge in [0.15, 0.2) is 0 Å². The molecule has 1 radical (unpaired) electrons. The molecule has 1 N–H and O–H groups in total. The largest absolute Gasteiger partial charge is 0.569 e. The van der Waals surface area contributed by atoms with Crippen molar-refractivity contribution in [3.63, 3.8) is 0 Å². The first-order chi connectivity index (χ1) is 11.3. The van der Waals surface area contributed by atoms with Crippen molar-refractivity contribution in [3.05, 3.63) is 54.1 Å². The first-order valence-electron chi connectivity index (χ1n) is 7.81. The van der Waals surface area contributed by atoms with Gasteiger partial charge in [-0.1, -0.05) is 49.7 Å². The van der Waals surface area contributed by atoms with Gasteiger partial charge in [-0.3, -0.25) is 0 Å². The summed E-state index contributed by atoms with van der Waals surface area (Å²) in [6.07, 6.45) is 2.20. The van der Waals surface area contributed by atoms with Gasteiger partial charge in [0.05, 0.1) is 4.70 Å². The van der Waals surface area contributed by atoms with Gasteiger partial charge >= 0.3 is 7.69 Å². The fraction of sp³-hybridized carbons (Fsp3) is 0.158. The predicted molar refractivity (Wildman–Crippen MR) is 99.4 cm³/mol. The Morgan fingerprint density at radius 1 is 1.09 bits per heavy atom. The molecule has 0 aliphatic carbocycles. The van der Waals surface area contributed by atoms with E-state index in [1.165, 1.54) is 26.4 Å². The van der Waals surface area contributed by atoms with Gasteiger partial charge in [-0.2, -0.15) is 0 Å². The summed E-state index contributed by atoms with van der Waals surface area (Å²) < 4.78 is 7.71. The second-order valence-electron chi connectivity index (χ2n) is 5.71. The Morgan fingerprint density at radius 3 is 2.78 bits per heavy atom. The molecule has 2 nitrogen and oxygen atoms in total. The van der Waals surface area contributed by atoms with Crippen molar-refractivity contribution in [2.24, 2.45) is 0 Å². The number of thiophene rings is 1. The lowest BCUT2D eigenvalue weighted by Gasteiger charge is -2.09. The Hall–Kier alpha value is -2.04. The summed E-state index contributed by atoms with van der Waals surface area (Å²) in [6, 6.07) is 17.1. The molecule has 0 fully saturated rings. The lowest BCUT2D eigenvalue weighted by atomic mass is 9.99. The number of hydrogen-bond acceptors (Lipinski definition) is 3. The Balaban J connectivity index is 2.12. The molecule has 0 saturated heterocycles. The zero-order chi connectivity index (χ0) is 15.8. The van der Waals surface area contributed by atoms with Crippen LogP contribution in [-0.4, -0.2) is 12.7 Å². The molecule has 4 rings (SSSR count). The lowest BCUT2D eigenvalue weighted by Crippen LogP contribution is -1.99. The van der Waals surface area contributed by atoms with E-state index in [1.807, 2.05) is 6.07 Å². The summed E-state index contributed by atoms with van der Waals surface area (Å²) in [7, 11) is 0.765. The van der Waals surface area contributed by atoms with Crippen LogP contribution in [-0.2, 0) is 6.42 Å². The summed E-state index contributed by atoms with van der Waals surface area (Å²) in [5.74, 6) is 0.713. The van der Waals surface area contributed by atoms with E-state index in [4.69, 9.17) is 9.68 Å². The highest BCUT2D eigenvalue weighted by molar-refractivity contribution is 7.26. The molecule has 4 heteroatoms. The van der Waals surface area contributed by atoms with Crippen molar-refractivity contribution < 1.29 is 9.68 Å². The molecule has 1 aromatic heterocycles. The van der Waals surface area contributed by atoms with Crippen LogP contribution >= 0.6 is 11.3 Å². The predicted octanol–water partition coefficient (Wildman–Crippen LogP) is 5.07. The van der Waals surface area contributed by atoms with Crippen LogP contribution in [0.4, 0.5) is 0 Å². The molecule has 23 heavy (non-hydrogen) atoms. The molecule has 4 aromatic rings. The topological polar surface area (TPSA) is 29.5 Å². The van der Waals surface area contributed by atoms with Crippen LogP contribution < -0.4 is 4.65 Å². The molecule has 0 unspecified atom stereocenters. The summed E-state index contributed by atoms with van der Waals surface area (Å²) >= 11 is 1.70. The Bertz CT molecular complexity index is 1010. The molecule has 113 valence electrons. The maximum Gasteiger partial charge on any atom is 0.569 e. The fourth-order valence-corrected chi connectivity index (χ4v) is 4.42. The van der Waals surface area contributed by atoms with E-state index in [2.05, 4.69) is 49.4 Å². The molecule has 0 aliphatic heterocycles. The van der Waals surface area contributed by atoms with E-state index in [9.17, 15) is 0 Å². The molecular formula is C19H16BO2S. The van der Waals surface area contributed by atoms with E-state index < -0.39 is 0 Å². The van der Waals surface area contributed by atoms with Crippen LogP contribution in [0.2, 0.25) is 0 Å². The molecule has 1 heterocycles. The van der Waals surface area contributed by atoms with Gasteiger partial charge in [0.25, 0.3) is 0 Å². The van der Waals surface area contributed by atoms with Crippen molar-refractivity contribution in [2.45, 2.75) is 19.8 Å². The van der Waals surface area contributed by atoms with Gasteiger partial charge in [0.1, 0.15) is 5.75 Å². The third-order valence-corrected chi connectivity index (χ3v) is 5.39. The normalized spacial score (nSPS) is 11.4. The van der Waals surface area contributed by atoms with Crippen molar-refractivity contribution in [3.8, 4) is 5.75 Å². The maximum absolute atomic E-state index is 9.12.